The number of likely N-dealkylation sites (N-methyl/N-ethyl adjacent to an activating group) is 1. The molecule has 0 atom stereocenters. The van der Waals surface area contributed by atoms with Crippen LogP contribution in [0.25, 0.3) is 0 Å². The van der Waals surface area contributed by atoms with E-state index in [1.165, 1.54) is 4.90 Å². The fourth-order valence-corrected chi connectivity index (χ4v) is 5.39. The quantitative estimate of drug-likeness (QED) is 0.241. The molecular weight excluding hydrogens is 550 g/mol. The average Bonchev–Trinajstić information content (AvgIpc) is 3.03. The Morgan fingerprint density at radius 1 is 0.884 bits per heavy atom. The molecule has 2 aromatic carbocycles. The molecule has 1 saturated heterocycles. The molecule has 4 amide bonds. The molecule has 2 fully saturated rings. The molecule has 2 aromatic rings. The highest BCUT2D eigenvalue weighted by Crippen LogP contribution is 2.29. The number of nitrogens with zero attached hydrogens (tertiary/aromatic N) is 2. The van der Waals surface area contributed by atoms with Crippen molar-refractivity contribution in [1.29, 1.82) is 5.41 Å². The SMILES string of the molecule is CN(C)C(=O)COC(=O)[C@H]1CC[C@H](NC(=O)N2CCC(c3ccc(C(=N)NC(=O)OCc4ccccc4)cc3)CC2)CC1. The largest absolute Gasteiger partial charge is 0.455 e. The summed E-state index contributed by atoms with van der Waals surface area (Å²) in [4.78, 5) is 52.2. The van der Waals surface area contributed by atoms with Gasteiger partial charge in [-0.3, -0.25) is 20.3 Å². The minimum atomic E-state index is -0.674. The fourth-order valence-electron chi connectivity index (χ4n) is 5.39. The molecule has 1 saturated carbocycles. The maximum absolute atomic E-state index is 12.9. The minimum Gasteiger partial charge on any atom is -0.455 e. The average molecular weight is 592 g/mol. The van der Waals surface area contributed by atoms with Gasteiger partial charge in [-0.05, 0) is 55.6 Å². The Bertz CT molecular complexity index is 1270. The lowest BCUT2D eigenvalue weighted by molar-refractivity contribution is -0.155. The summed E-state index contributed by atoms with van der Waals surface area (Å²) in [6, 6.07) is 16.9. The lowest BCUT2D eigenvalue weighted by Gasteiger charge is -2.35. The summed E-state index contributed by atoms with van der Waals surface area (Å²) in [6.45, 7) is 1.18. The molecule has 230 valence electrons. The highest BCUT2D eigenvalue weighted by atomic mass is 16.5. The summed E-state index contributed by atoms with van der Waals surface area (Å²) >= 11 is 0. The van der Waals surface area contributed by atoms with Crippen LogP contribution in [0.2, 0.25) is 0 Å². The van der Waals surface area contributed by atoms with E-state index in [1.54, 1.807) is 14.1 Å². The summed E-state index contributed by atoms with van der Waals surface area (Å²) in [5, 5.41) is 13.8. The van der Waals surface area contributed by atoms with Gasteiger partial charge >= 0.3 is 18.1 Å². The molecule has 1 heterocycles. The minimum absolute atomic E-state index is 0.0183. The molecule has 43 heavy (non-hydrogen) atoms. The molecule has 0 unspecified atom stereocenters. The van der Waals surface area contributed by atoms with Crippen LogP contribution in [0.15, 0.2) is 54.6 Å². The van der Waals surface area contributed by atoms with Gasteiger partial charge < -0.3 is 24.6 Å². The van der Waals surface area contributed by atoms with E-state index in [-0.39, 0.29) is 48.9 Å². The third-order valence-electron chi connectivity index (χ3n) is 8.12. The Balaban J connectivity index is 1.15. The zero-order valence-electron chi connectivity index (χ0n) is 24.8. The van der Waals surface area contributed by atoms with Gasteiger partial charge in [0, 0.05) is 38.8 Å². The second kappa shape index (κ2) is 15.2. The number of rotatable bonds is 8. The van der Waals surface area contributed by atoms with Crippen molar-refractivity contribution in [2.45, 2.75) is 57.1 Å². The highest BCUT2D eigenvalue weighted by molar-refractivity contribution is 6.04. The Kier molecular flexibility index (Phi) is 11.1. The predicted molar refractivity (Wildman–Crippen MR) is 161 cm³/mol. The number of hydrogen-bond donors (Lipinski definition) is 3. The number of ether oxygens (including phenoxy) is 2. The molecule has 1 aliphatic carbocycles. The monoisotopic (exact) mass is 591 g/mol. The van der Waals surface area contributed by atoms with Crippen LogP contribution in [0.4, 0.5) is 9.59 Å². The number of alkyl carbamates (subject to hydrolysis) is 1. The van der Waals surface area contributed by atoms with Gasteiger partial charge in [-0.2, -0.15) is 0 Å². The van der Waals surface area contributed by atoms with Crippen molar-refractivity contribution < 1.29 is 28.7 Å². The lowest BCUT2D eigenvalue weighted by Crippen LogP contribution is -2.48. The molecule has 0 spiro atoms. The van der Waals surface area contributed by atoms with Gasteiger partial charge in [0.1, 0.15) is 12.4 Å². The van der Waals surface area contributed by atoms with Gasteiger partial charge in [-0.1, -0.05) is 54.6 Å². The molecule has 4 rings (SSSR count). The van der Waals surface area contributed by atoms with E-state index in [4.69, 9.17) is 14.9 Å². The van der Waals surface area contributed by atoms with Crippen LogP contribution >= 0.6 is 0 Å². The van der Waals surface area contributed by atoms with Crippen molar-refractivity contribution in [3.8, 4) is 0 Å². The normalized spacial score (nSPS) is 18.7. The van der Waals surface area contributed by atoms with Crippen molar-refractivity contribution in [2.75, 3.05) is 33.8 Å². The Labute approximate surface area is 252 Å². The van der Waals surface area contributed by atoms with Gasteiger partial charge in [-0.15, -0.1) is 0 Å². The van der Waals surface area contributed by atoms with Crippen molar-refractivity contribution >= 4 is 29.8 Å². The highest BCUT2D eigenvalue weighted by Gasteiger charge is 2.30. The fraction of sp³-hybridized carbons (Fsp3) is 0.469. The first-order chi connectivity index (χ1) is 20.7. The molecule has 11 nitrogen and oxygen atoms in total. The van der Waals surface area contributed by atoms with Crippen molar-refractivity contribution in [1.82, 2.24) is 20.4 Å². The van der Waals surface area contributed by atoms with E-state index in [9.17, 15) is 19.2 Å². The first kappa shape index (κ1) is 31.5. The van der Waals surface area contributed by atoms with Crippen LogP contribution in [0.5, 0.6) is 0 Å². The molecule has 2 aliphatic rings. The number of carbonyl (C=O) groups excluding carboxylic acids is 4. The van der Waals surface area contributed by atoms with Crippen molar-refractivity contribution in [3.05, 3.63) is 71.3 Å². The number of nitrogens with one attached hydrogen (secondary N) is 3. The van der Waals surface area contributed by atoms with E-state index in [0.29, 0.717) is 50.3 Å². The van der Waals surface area contributed by atoms with Gasteiger partial charge in [0.05, 0.1) is 5.92 Å². The van der Waals surface area contributed by atoms with Gasteiger partial charge in [0.25, 0.3) is 5.91 Å². The van der Waals surface area contributed by atoms with E-state index in [2.05, 4.69) is 10.6 Å². The topological polar surface area (TPSA) is 141 Å². The zero-order chi connectivity index (χ0) is 30.8. The molecule has 0 bridgehead atoms. The van der Waals surface area contributed by atoms with Crippen LogP contribution in [0, 0.1) is 11.3 Å². The summed E-state index contributed by atoms with van der Waals surface area (Å²) in [6.07, 6.45) is 3.64. The molecule has 11 heteroatoms. The number of urea groups is 1. The number of amidine groups is 1. The third kappa shape index (κ3) is 9.29. The predicted octanol–water partition coefficient (Wildman–Crippen LogP) is 4.02. The molecule has 0 radical (unpaired) electrons. The van der Waals surface area contributed by atoms with Crippen LogP contribution < -0.4 is 10.6 Å². The number of amides is 4. The molecule has 0 aromatic heterocycles. The zero-order valence-corrected chi connectivity index (χ0v) is 24.8. The second-order valence-corrected chi connectivity index (χ2v) is 11.3. The van der Waals surface area contributed by atoms with Crippen molar-refractivity contribution in [2.24, 2.45) is 5.92 Å². The van der Waals surface area contributed by atoms with Crippen LogP contribution in [-0.2, 0) is 25.7 Å². The lowest BCUT2D eigenvalue weighted by atomic mass is 9.86. The molecule has 3 N–H and O–H groups in total. The molecular formula is C32H41N5O6. The third-order valence-corrected chi connectivity index (χ3v) is 8.12. The first-order valence-corrected chi connectivity index (χ1v) is 14.8. The van der Waals surface area contributed by atoms with Crippen LogP contribution in [0.1, 0.15) is 61.1 Å². The Morgan fingerprint density at radius 2 is 1.53 bits per heavy atom. The number of benzene rings is 2. The number of esters is 1. The number of hydrogen-bond acceptors (Lipinski definition) is 7. The van der Waals surface area contributed by atoms with E-state index >= 15 is 0 Å². The summed E-state index contributed by atoms with van der Waals surface area (Å²) in [5.41, 5.74) is 2.60. The van der Waals surface area contributed by atoms with E-state index < -0.39 is 6.09 Å². The van der Waals surface area contributed by atoms with Gasteiger partial charge in [0.15, 0.2) is 6.61 Å². The van der Waals surface area contributed by atoms with Crippen molar-refractivity contribution in [3.63, 3.8) is 0 Å². The number of piperidine rings is 1. The Hall–Kier alpha value is -4.41. The summed E-state index contributed by atoms with van der Waals surface area (Å²) in [5.74, 6) is -0.553. The maximum Gasteiger partial charge on any atom is 0.413 e. The van der Waals surface area contributed by atoms with E-state index in [1.807, 2.05) is 59.5 Å². The first-order valence-electron chi connectivity index (χ1n) is 14.8. The van der Waals surface area contributed by atoms with Gasteiger partial charge in [0.2, 0.25) is 0 Å². The van der Waals surface area contributed by atoms with Crippen LogP contribution in [0.3, 0.4) is 0 Å². The number of carbonyl (C=O) groups is 4. The second-order valence-electron chi connectivity index (χ2n) is 11.3. The number of likely N-dealkylation sites (tertiary alicyclic amines) is 1. The molecule has 1 aliphatic heterocycles. The van der Waals surface area contributed by atoms with E-state index in [0.717, 1.165) is 24.0 Å². The van der Waals surface area contributed by atoms with Crippen LogP contribution in [-0.4, -0.2) is 79.5 Å². The summed E-state index contributed by atoms with van der Waals surface area (Å²) in [7, 11) is 3.24. The standard InChI is InChI=1S/C32H41N5O6/c1-36(2)28(38)21-42-30(39)26-12-14-27(15-13-26)34-31(40)37-18-16-24(17-19-37)23-8-10-25(11-9-23)29(33)35-32(41)43-20-22-6-4-3-5-7-22/h3-11,24,26-27H,12-21H2,1-2H3,(H,34,40)(H2,33,35,41)/t26-,27-. The Morgan fingerprint density at radius 3 is 2.16 bits per heavy atom. The smallest absolute Gasteiger partial charge is 0.413 e. The summed E-state index contributed by atoms with van der Waals surface area (Å²) < 4.78 is 10.4. The maximum atomic E-state index is 12.9. The van der Waals surface area contributed by atoms with Gasteiger partial charge in [-0.25, -0.2) is 9.59 Å².